The average molecular weight is 341 g/mol. The molecule has 0 bridgehead atoms. The van der Waals surface area contributed by atoms with Gasteiger partial charge >= 0.3 is 0 Å². The Bertz CT molecular complexity index is 505. The van der Waals surface area contributed by atoms with Crippen LogP contribution in [-0.4, -0.2) is 9.78 Å². The Morgan fingerprint density at radius 1 is 1.35 bits per heavy atom. The number of halogens is 1. The number of aryl methyl sites for hydroxylation is 1. The van der Waals surface area contributed by atoms with Crippen LogP contribution in [0.25, 0.3) is 0 Å². The maximum Gasteiger partial charge on any atom is 0.135 e. The van der Waals surface area contributed by atoms with Gasteiger partial charge in [-0.15, -0.1) is 0 Å². The normalized spacial score (nSPS) is 12.6. The molecule has 0 aliphatic heterocycles. The molecule has 17 heavy (non-hydrogen) atoms. The molecule has 0 saturated heterocycles. The van der Waals surface area contributed by atoms with E-state index in [0.717, 1.165) is 21.5 Å². The van der Waals surface area contributed by atoms with Gasteiger partial charge in [0.25, 0.3) is 0 Å². The van der Waals surface area contributed by atoms with Crippen LogP contribution in [0.4, 0.5) is 5.82 Å². The van der Waals surface area contributed by atoms with Crippen LogP contribution >= 0.6 is 22.6 Å². The van der Waals surface area contributed by atoms with Crippen molar-refractivity contribution in [2.24, 2.45) is 0 Å². The first-order valence-corrected chi connectivity index (χ1v) is 6.71. The third kappa shape index (κ3) is 2.62. The highest BCUT2D eigenvalue weighted by atomic mass is 127. The SMILES string of the molecule is Cc1nn(C(C)Cc2ccccc2)c(N)c1I. The quantitative estimate of drug-likeness (QED) is 0.872. The van der Waals surface area contributed by atoms with E-state index in [4.69, 9.17) is 5.73 Å². The maximum absolute atomic E-state index is 6.05. The monoisotopic (exact) mass is 341 g/mol. The van der Waals surface area contributed by atoms with E-state index in [-0.39, 0.29) is 6.04 Å². The average Bonchev–Trinajstić information content (AvgIpc) is 2.58. The molecule has 2 aromatic rings. The molecule has 4 heteroatoms. The number of nitrogens with two attached hydrogens (primary N) is 1. The molecule has 1 aromatic carbocycles. The first-order chi connectivity index (χ1) is 8.09. The summed E-state index contributed by atoms with van der Waals surface area (Å²) in [5, 5.41) is 4.49. The van der Waals surface area contributed by atoms with Crippen molar-refractivity contribution in [3.8, 4) is 0 Å². The van der Waals surface area contributed by atoms with Gasteiger partial charge in [0.15, 0.2) is 0 Å². The van der Waals surface area contributed by atoms with Crippen molar-refractivity contribution in [3.05, 3.63) is 45.2 Å². The van der Waals surface area contributed by atoms with Gasteiger partial charge in [-0.05, 0) is 48.4 Å². The van der Waals surface area contributed by atoms with Crippen molar-refractivity contribution < 1.29 is 0 Å². The van der Waals surface area contributed by atoms with Gasteiger partial charge in [0.2, 0.25) is 0 Å². The van der Waals surface area contributed by atoms with Crippen molar-refractivity contribution in [2.75, 3.05) is 5.73 Å². The van der Waals surface area contributed by atoms with Gasteiger partial charge in [0.1, 0.15) is 5.82 Å². The van der Waals surface area contributed by atoms with E-state index in [1.54, 1.807) is 0 Å². The van der Waals surface area contributed by atoms with E-state index in [1.165, 1.54) is 5.56 Å². The molecule has 2 N–H and O–H groups in total. The number of nitrogens with zero attached hydrogens (tertiary/aromatic N) is 2. The number of aromatic nitrogens is 2. The molecule has 3 nitrogen and oxygen atoms in total. The minimum atomic E-state index is 0.277. The lowest BCUT2D eigenvalue weighted by atomic mass is 10.1. The van der Waals surface area contributed by atoms with Crippen molar-refractivity contribution in [2.45, 2.75) is 26.3 Å². The molecule has 0 radical (unpaired) electrons. The van der Waals surface area contributed by atoms with Crippen LogP contribution in [-0.2, 0) is 6.42 Å². The fourth-order valence-electron chi connectivity index (χ4n) is 1.92. The van der Waals surface area contributed by atoms with E-state index < -0.39 is 0 Å². The molecule has 1 unspecified atom stereocenters. The Kier molecular flexibility index (Phi) is 3.71. The van der Waals surface area contributed by atoms with E-state index in [9.17, 15) is 0 Å². The molecule has 0 amide bonds. The standard InChI is InChI=1S/C13H16IN3/c1-9(8-11-6-4-3-5-7-11)17-13(15)12(14)10(2)16-17/h3-7,9H,8,15H2,1-2H3. The van der Waals surface area contributed by atoms with E-state index in [0.29, 0.717) is 0 Å². The molecule has 1 aromatic heterocycles. The lowest BCUT2D eigenvalue weighted by Gasteiger charge is -2.14. The first-order valence-electron chi connectivity index (χ1n) is 5.63. The number of anilines is 1. The van der Waals surface area contributed by atoms with Crippen LogP contribution in [0.2, 0.25) is 0 Å². The zero-order valence-corrected chi connectivity index (χ0v) is 12.2. The van der Waals surface area contributed by atoms with Gasteiger partial charge in [-0.2, -0.15) is 5.10 Å². The molecule has 90 valence electrons. The predicted octanol–water partition coefficient (Wildman–Crippen LogP) is 3.18. The smallest absolute Gasteiger partial charge is 0.135 e. The van der Waals surface area contributed by atoms with Crippen LogP contribution < -0.4 is 5.73 Å². The number of hydrogen-bond donors (Lipinski definition) is 1. The zero-order chi connectivity index (χ0) is 12.4. The topological polar surface area (TPSA) is 43.8 Å². The number of rotatable bonds is 3. The second-order valence-electron chi connectivity index (χ2n) is 4.27. The predicted molar refractivity (Wildman–Crippen MR) is 79.0 cm³/mol. The van der Waals surface area contributed by atoms with Crippen molar-refractivity contribution in [1.29, 1.82) is 0 Å². The highest BCUT2D eigenvalue weighted by Gasteiger charge is 2.14. The lowest BCUT2D eigenvalue weighted by Crippen LogP contribution is -2.13. The largest absolute Gasteiger partial charge is 0.383 e. The van der Waals surface area contributed by atoms with Gasteiger partial charge in [-0.25, -0.2) is 4.68 Å². The minimum absolute atomic E-state index is 0.277. The fraction of sp³-hybridized carbons (Fsp3) is 0.308. The summed E-state index contributed by atoms with van der Waals surface area (Å²) in [4.78, 5) is 0. The van der Waals surface area contributed by atoms with Crippen molar-refractivity contribution in [3.63, 3.8) is 0 Å². The highest BCUT2D eigenvalue weighted by molar-refractivity contribution is 14.1. The third-order valence-corrected chi connectivity index (χ3v) is 4.17. The van der Waals surface area contributed by atoms with Gasteiger partial charge in [-0.1, -0.05) is 30.3 Å². The Morgan fingerprint density at radius 3 is 2.53 bits per heavy atom. The summed E-state index contributed by atoms with van der Waals surface area (Å²) in [7, 11) is 0. The summed E-state index contributed by atoms with van der Waals surface area (Å²) in [5.41, 5.74) is 8.36. The first kappa shape index (κ1) is 12.4. The second-order valence-corrected chi connectivity index (χ2v) is 5.35. The molecular formula is C13H16IN3. The molecule has 0 saturated carbocycles. The summed E-state index contributed by atoms with van der Waals surface area (Å²) >= 11 is 2.25. The Morgan fingerprint density at radius 2 is 2.00 bits per heavy atom. The fourth-order valence-corrected chi connectivity index (χ4v) is 2.28. The van der Waals surface area contributed by atoms with Crippen molar-refractivity contribution >= 4 is 28.4 Å². The van der Waals surface area contributed by atoms with Gasteiger partial charge < -0.3 is 5.73 Å². The highest BCUT2D eigenvalue weighted by Crippen LogP contribution is 2.23. The molecule has 1 heterocycles. The number of hydrogen-bond acceptors (Lipinski definition) is 2. The number of nitrogen functional groups attached to an aromatic ring is 1. The van der Waals surface area contributed by atoms with Crippen LogP contribution in [0.5, 0.6) is 0 Å². The van der Waals surface area contributed by atoms with E-state index in [2.05, 4.69) is 58.9 Å². The van der Waals surface area contributed by atoms with Crippen molar-refractivity contribution in [1.82, 2.24) is 9.78 Å². The van der Waals surface area contributed by atoms with Crippen LogP contribution in [0, 0.1) is 10.5 Å². The molecule has 0 aliphatic rings. The molecule has 0 spiro atoms. The third-order valence-electron chi connectivity index (χ3n) is 2.84. The van der Waals surface area contributed by atoms with Gasteiger partial charge in [0, 0.05) is 0 Å². The number of benzene rings is 1. The molecule has 2 rings (SSSR count). The van der Waals surface area contributed by atoms with Crippen LogP contribution in [0.15, 0.2) is 30.3 Å². The Balaban J connectivity index is 2.20. The zero-order valence-electron chi connectivity index (χ0n) is 10.0. The molecule has 0 aliphatic carbocycles. The van der Waals surface area contributed by atoms with Crippen LogP contribution in [0.3, 0.4) is 0 Å². The molecule has 1 atom stereocenters. The van der Waals surface area contributed by atoms with E-state index in [1.807, 2.05) is 17.7 Å². The Hall–Kier alpha value is -1.04. The summed E-state index contributed by atoms with van der Waals surface area (Å²) in [5.74, 6) is 0.770. The van der Waals surface area contributed by atoms with Gasteiger partial charge in [-0.3, -0.25) is 0 Å². The minimum Gasteiger partial charge on any atom is -0.383 e. The maximum atomic E-state index is 6.05. The second kappa shape index (κ2) is 5.08. The molecule has 0 fully saturated rings. The van der Waals surface area contributed by atoms with Crippen LogP contribution in [0.1, 0.15) is 24.2 Å². The lowest BCUT2D eigenvalue weighted by molar-refractivity contribution is 0.493. The van der Waals surface area contributed by atoms with E-state index >= 15 is 0 Å². The summed E-state index contributed by atoms with van der Waals surface area (Å²) in [6.45, 7) is 4.13. The summed E-state index contributed by atoms with van der Waals surface area (Å²) < 4.78 is 2.98. The summed E-state index contributed by atoms with van der Waals surface area (Å²) in [6.07, 6.45) is 0.947. The Labute approximate surface area is 115 Å². The summed E-state index contributed by atoms with van der Waals surface area (Å²) in [6, 6.07) is 10.7. The van der Waals surface area contributed by atoms with Gasteiger partial charge in [0.05, 0.1) is 15.3 Å². The molecular weight excluding hydrogens is 325 g/mol.